The highest BCUT2D eigenvalue weighted by molar-refractivity contribution is 8.13. The van der Waals surface area contributed by atoms with Crippen LogP contribution < -0.4 is 5.73 Å². The number of thioether (sulfide) groups is 1. The topological polar surface area (TPSA) is 70.8 Å². The van der Waals surface area contributed by atoms with Crippen LogP contribution in [0.1, 0.15) is 6.92 Å². The van der Waals surface area contributed by atoms with Crippen LogP contribution in [0.2, 0.25) is 0 Å². The second-order valence-corrected chi connectivity index (χ2v) is 4.24. The average molecular weight is 288 g/mol. The monoisotopic (exact) mass is 287 g/mol. The molecule has 0 aliphatic carbocycles. The van der Waals surface area contributed by atoms with Gasteiger partial charge in [0, 0.05) is 19.2 Å². The van der Waals surface area contributed by atoms with Crippen molar-refractivity contribution in [2.45, 2.75) is 6.92 Å². The second-order valence-electron chi connectivity index (χ2n) is 2.97. The molecule has 0 unspecified atom stereocenters. The minimum Gasteiger partial charge on any atom is -0.378 e. The van der Waals surface area contributed by atoms with Gasteiger partial charge in [0.15, 0.2) is 5.12 Å². The van der Waals surface area contributed by atoms with Crippen LogP contribution in [0.3, 0.4) is 0 Å². The molecule has 0 bridgehead atoms. The molecule has 0 saturated carbocycles. The lowest BCUT2D eigenvalue weighted by Crippen LogP contribution is -2.13. The zero-order chi connectivity index (χ0) is 12.1. The molecule has 0 saturated heterocycles. The van der Waals surface area contributed by atoms with Gasteiger partial charge in [-0.3, -0.25) is 4.79 Å². The molecule has 0 aromatic rings. The molecule has 0 fully saturated rings. The summed E-state index contributed by atoms with van der Waals surface area (Å²) in [6.45, 7) is 5.47. The number of nitrogens with two attached hydrogens (primary N) is 1. The lowest BCUT2D eigenvalue weighted by atomic mass is 10.7. The highest BCUT2D eigenvalue weighted by Gasteiger charge is 1.94. The molecule has 5 nitrogen and oxygen atoms in total. The minimum atomic E-state index is 0. The Morgan fingerprint density at radius 3 is 1.94 bits per heavy atom. The van der Waals surface area contributed by atoms with Gasteiger partial charge in [0.05, 0.1) is 39.6 Å². The van der Waals surface area contributed by atoms with Crippen molar-refractivity contribution in [3.63, 3.8) is 0 Å². The van der Waals surface area contributed by atoms with E-state index in [1.165, 1.54) is 11.8 Å². The van der Waals surface area contributed by atoms with Crippen molar-refractivity contribution in [2.75, 3.05) is 51.9 Å². The molecule has 0 heterocycles. The van der Waals surface area contributed by atoms with E-state index in [2.05, 4.69) is 0 Å². The lowest BCUT2D eigenvalue weighted by Gasteiger charge is -2.05. The van der Waals surface area contributed by atoms with Crippen LogP contribution in [0, 0.1) is 0 Å². The highest BCUT2D eigenvalue weighted by atomic mass is 35.5. The Morgan fingerprint density at radius 2 is 1.47 bits per heavy atom. The molecular weight excluding hydrogens is 266 g/mol. The van der Waals surface area contributed by atoms with Gasteiger partial charge in [0.25, 0.3) is 0 Å². The molecule has 0 aliphatic rings. The number of halogens is 1. The molecule has 0 radical (unpaired) electrons. The maximum atomic E-state index is 10.6. The van der Waals surface area contributed by atoms with Crippen molar-refractivity contribution in [3.8, 4) is 0 Å². The van der Waals surface area contributed by atoms with E-state index in [0.29, 0.717) is 51.9 Å². The summed E-state index contributed by atoms with van der Waals surface area (Å²) in [5, 5.41) is 0.122. The van der Waals surface area contributed by atoms with E-state index in [1.54, 1.807) is 6.92 Å². The van der Waals surface area contributed by atoms with E-state index in [4.69, 9.17) is 19.9 Å². The molecule has 0 aromatic heterocycles. The Balaban J connectivity index is 0. The van der Waals surface area contributed by atoms with Crippen molar-refractivity contribution >= 4 is 29.3 Å². The minimum absolute atomic E-state index is 0. The van der Waals surface area contributed by atoms with Gasteiger partial charge in [-0.05, 0) is 0 Å². The van der Waals surface area contributed by atoms with Crippen molar-refractivity contribution < 1.29 is 19.0 Å². The van der Waals surface area contributed by atoms with Crippen molar-refractivity contribution in [1.82, 2.24) is 0 Å². The first-order valence-electron chi connectivity index (χ1n) is 5.34. The first kappa shape index (κ1) is 19.5. The third-order valence-corrected chi connectivity index (χ3v) is 2.32. The summed E-state index contributed by atoms with van der Waals surface area (Å²) < 4.78 is 15.6. The van der Waals surface area contributed by atoms with Gasteiger partial charge in [-0.2, -0.15) is 0 Å². The van der Waals surface area contributed by atoms with E-state index >= 15 is 0 Å². The van der Waals surface area contributed by atoms with Crippen LogP contribution in [-0.2, 0) is 19.0 Å². The fourth-order valence-corrected chi connectivity index (χ4v) is 1.36. The Hall–Kier alpha value is 0.150. The molecule has 0 spiro atoms. The van der Waals surface area contributed by atoms with E-state index in [9.17, 15) is 4.79 Å². The highest BCUT2D eigenvalue weighted by Crippen LogP contribution is 1.99. The number of carbonyl (C=O) groups excluding carboxylic acids is 1. The number of hydrogen-bond donors (Lipinski definition) is 1. The molecule has 17 heavy (non-hydrogen) atoms. The standard InChI is InChI=1S/C10H21NO4S.ClH/c1-10(12)16-9-8-15-7-6-14-5-4-13-3-2-11;/h2-9,11H2,1H3;1H. The maximum Gasteiger partial charge on any atom is 0.185 e. The lowest BCUT2D eigenvalue weighted by molar-refractivity contribution is -0.109. The van der Waals surface area contributed by atoms with Crippen molar-refractivity contribution in [2.24, 2.45) is 5.73 Å². The Labute approximate surface area is 113 Å². The van der Waals surface area contributed by atoms with Gasteiger partial charge < -0.3 is 19.9 Å². The molecule has 0 atom stereocenters. The summed E-state index contributed by atoms with van der Waals surface area (Å²) >= 11 is 1.27. The third kappa shape index (κ3) is 18.7. The third-order valence-electron chi connectivity index (χ3n) is 1.54. The largest absolute Gasteiger partial charge is 0.378 e. The number of carbonyl (C=O) groups is 1. The molecule has 2 N–H and O–H groups in total. The average Bonchev–Trinajstić information content (AvgIpc) is 2.25. The quantitative estimate of drug-likeness (QED) is 0.564. The SMILES string of the molecule is CC(=O)SCCOCCOCCOCCN.Cl. The summed E-state index contributed by atoms with van der Waals surface area (Å²) in [7, 11) is 0. The van der Waals surface area contributed by atoms with Crippen LogP contribution in [0.25, 0.3) is 0 Å². The van der Waals surface area contributed by atoms with Gasteiger partial charge in [-0.15, -0.1) is 12.4 Å². The van der Waals surface area contributed by atoms with E-state index in [1.807, 2.05) is 0 Å². The van der Waals surface area contributed by atoms with Crippen LogP contribution in [0.15, 0.2) is 0 Å². The van der Waals surface area contributed by atoms with E-state index in [0.717, 1.165) is 0 Å². The first-order valence-corrected chi connectivity index (χ1v) is 6.32. The second kappa shape index (κ2) is 16.1. The molecule has 0 rings (SSSR count). The summed E-state index contributed by atoms with van der Waals surface area (Å²) in [6.07, 6.45) is 0. The number of rotatable bonds is 11. The van der Waals surface area contributed by atoms with Crippen LogP contribution in [0.4, 0.5) is 0 Å². The van der Waals surface area contributed by atoms with E-state index < -0.39 is 0 Å². The normalized spacial score (nSPS) is 10.0. The predicted octanol–water partition coefficient (Wildman–Crippen LogP) is 0.696. The van der Waals surface area contributed by atoms with Gasteiger partial charge in [0.1, 0.15) is 0 Å². The zero-order valence-corrected chi connectivity index (χ0v) is 11.8. The fourth-order valence-electron chi connectivity index (χ4n) is 0.870. The molecule has 0 amide bonds. The summed E-state index contributed by atoms with van der Waals surface area (Å²) in [5.41, 5.74) is 5.25. The van der Waals surface area contributed by atoms with Gasteiger partial charge >= 0.3 is 0 Å². The van der Waals surface area contributed by atoms with E-state index in [-0.39, 0.29) is 17.5 Å². The van der Waals surface area contributed by atoms with Crippen LogP contribution in [-0.4, -0.2) is 57.1 Å². The Morgan fingerprint density at radius 1 is 1.00 bits per heavy atom. The fraction of sp³-hybridized carbons (Fsp3) is 0.900. The van der Waals surface area contributed by atoms with Gasteiger partial charge in [0.2, 0.25) is 0 Å². The molecule has 0 aromatic carbocycles. The Bertz CT molecular complexity index is 174. The van der Waals surface area contributed by atoms with Crippen molar-refractivity contribution in [1.29, 1.82) is 0 Å². The summed E-state index contributed by atoms with van der Waals surface area (Å²) in [5.74, 6) is 0.703. The summed E-state index contributed by atoms with van der Waals surface area (Å²) in [4.78, 5) is 10.6. The maximum absolute atomic E-state index is 10.6. The van der Waals surface area contributed by atoms with Crippen molar-refractivity contribution in [3.05, 3.63) is 0 Å². The number of hydrogen-bond acceptors (Lipinski definition) is 6. The first-order chi connectivity index (χ1) is 7.77. The predicted molar refractivity (Wildman–Crippen MR) is 71.9 cm³/mol. The molecule has 7 heteroatoms. The summed E-state index contributed by atoms with van der Waals surface area (Å²) in [6, 6.07) is 0. The van der Waals surface area contributed by atoms with Crippen LogP contribution in [0.5, 0.6) is 0 Å². The molecule has 0 aliphatic heterocycles. The molecule has 104 valence electrons. The Kier molecular flexibility index (Phi) is 18.5. The molecular formula is C10H22ClNO4S. The van der Waals surface area contributed by atoms with Crippen LogP contribution >= 0.6 is 24.2 Å². The van der Waals surface area contributed by atoms with Gasteiger partial charge in [-0.25, -0.2) is 0 Å². The number of ether oxygens (including phenoxy) is 3. The van der Waals surface area contributed by atoms with Gasteiger partial charge in [-0.1, -0.05) is 11.8 Å². The smallest absolute Gasteiger partial charge is 0.185 e. The zero-order valence-electron chi connectivity index (χ0n) is 10.2.